The second-order valence-corrected chi connectivity index (χ2v) is 6.18. The average molecular weight is 396 g/mol. The number of carbonyl (C=O) groups is 1. The Morgan fingerprint density at radius 1 is 1.24 bits per heavy atom. The number of carbonyl (C=O) groups excluding carboxylic acids is 1. The summed E-state index contributed by atoms with van der Waals surface area (Å²) in [6.07, 6.45) is 3.42. The number of nitro groups is 1. The van der Waals surface area contributed by atoms with E-state index in [-0.39, 0.29) is 18.0 Å². The summed E-state index contributed by atoms with van der Waals surface area (Å²) >= 11 is 0. The number of para-hydroxylation sites is 2. The molecule has 0 spiro atoms. The summed E-state index contributed by atoms with van der Waals surface area (Å²) in [5.41, 5.74) is 0.607. The van der Waals surface area contributed by atoms with E-state index in [0.29, 0.717) is 11.6 Å². The molecule has 0 saturated heterocycles. The van der Waals surface area contributed by atoms with E-state index in [1.165, 1.54) is 18.2 Å². The van der Waals surface area contributed by atoms with Crippen molar-refractivity contribution in [3.8, 4) is 11.5 Å². The monoisotopic (exact) mass is 396 g/mol. The first-order valence-electron chi connectivity index (χ1n) is 8.76. The predicted octanol–water partition coefficient (Wildman–Crippen LogP) is 2.62. The van der Waals surface area contributed by atoms with Crippen LogP contribution in [-0.2, 0) is 11.8 Å². The molecule has 3 rings (SSSR count). The highest BCUT2D eigenvalue weighted by Crippen LogP contribution is 2.26. The molecule has 1 atom stereocenters. The van der Waals surface area contributed by atoms with Crippen LogP contribution in [0.2, 0.25) is 0 Å². The molecule has 2 aromatic carbocycles. The molecule has 150 valence electrons. The second-order valence-electron chi connectivity index (χ2n) is 6.18. The number of nitrogens with zero attached hydrogens (tertiary/aromatic N) is 3. The van der Waals surface area contributed by atoms with Crippen molar-refractivity contribution in [2.45, 2.75) is 6.04 Å². The molecule has 0 saturated carbocycles. The van der Waals surface area contributed by atoms with E-state index >= 15 is 0 Å². The number of hydrogen-bond acceptors (Lipinski definition) is 6. The fraction of sp³-hybridized carbons (Fsp3) is 0.200. The van der Waals surface area contributed by atoms with Gasteiger partial charge in [0.1, 0.15) is 17.6 Å². The number of ether oxygens (including phenoxy) is 2. The van der Waals surface area contributed by atoms with Crippen molar-refractivity contribution < 1.29 is 19.2 Å². The highest BCUT2D eigenvalue weighted by molar-refractivity contribution is 5.78. The highest BCUT2D eigenvalue weighted by atomic mass is 16.6. The van der Waals surface area contributed by atoms with Gasteiger partial charge in [-0.1, -0.05) is 24.3 Å². The number of nitrogens with one attached hydrogen (secondary N) is 1. The molecule has 0 aliphatic rings. The lowest BCUT2D eigenvalue weighted by molar-refractivity contribution is -0.385. The van der Waals surface area contributed by atoms with Gasteiger partial charge in [-0.3, -0.25) is 14.9 Å². The van der Waals surface area contributed by atoms with Crippen LogP contribution in [0, 0.1) is 10.1 Å². The van der Waals surface area contributed by atoms with Crippen LogP contribution in [0.5, 0.6) is 11.5 Å². The van der Waals surface area contributed by atoms with Gasteiger partial charge in [0.25, 0.3) is 5.91 Å². The minimum atomic E-state index is -0.554. The van der Waals surface area contributed by atoms with Gasteiger partial charge < -0.3 is 19.4 Å². The third-order valence-electron chi connectivity index (χ3n) is 4.29. The summed E-state index contributed by atoms with van der Waals surface area (Å²) in [5.74, 6) is 0.921. The Bertz CT molecular complexity index is 1000. The molecule has 29 heavy (non-hydrogen) atoms. The number of nitro benzene ring substituents is 1. The van der Waals surface area contributed by atoms with Crippen molar-refractivity contribution in [1.82, 2.24) is 14.9 Å². The Kier molecular flexibility index (Phi) is 6.08. The zero-order valence-corrected chi connectivity index (χ0v) is 15.9. The number of rotatable bonds is 8. The molecule has 1 N–H and O–H groups in total. The van der Waals surface area contributed by atoms with Gasteiger partial charge in [-0.2, -0.15) is 0 Å². The van der Waals surface area contributed by atoms with Gasteiger partial charge in [0.05, 0.1) is 12.0 Å². The first-order valence-corrected chi connectivity index (χ1v) is 8.76. The van der Waals surface area contributed by atoms with Gasteiger partial charge in [-0.25, -0.2) is 4.98 Å². The van der Waals surface area contributed by atoms with Crippen molar-refractivity contribution in [3.05, 3.63) is 82.4 Å². The summed E-state index contributed by atoms with van der Waals surface area (Å²) < 4.78 is 12.4. The molecular weight excluding hydrogens is 376 g/mol. The number of imidazole rings is 1. The summed E-state index contributed by atoms with van der Waals surface area (Å²) in [7, 11) is 3.40. The molecule has 9 nitrogen and oxygen atoms in total. The van der Waals surface area contributed by atoms with Crippen LogP contribution >= 0.6 is 0 Å². The Hall–Kier alpha value is -3.88. The number of aryl methyl sites for hydroxylation is 1. The smallest absolute Gasteiger partial charge is 0.310 e. The first kappa shape index (κ1) is 19.9. The lowest BCUT2D eigenvalue weighted by atomic mass is 10.1. The minimum absolute atomic E-state index is 0.0330. The molecule has 0 aliphatic heterocycles. The largest absolute Gasteiger partial charge is 0.497 e. The molecule has 1 heterocycles. The molecule has 1 amide bonds. The molecular formula is C20H20N4O5. The van der Waals surface area contributed by atoms with Gasteiger partial charge >= 0.3 is 5.69 Å². The lowest BCUT2D eigenvalue weighted by Crippen LogP contribution is -2.34. The van der Waals surface area contributed by atoms with Gasteiger partial charge in [-0.05, 0) is 23.8 Å². The molecule has 3 aromatic rings. The third kappa shape index (κ3) is 4.70. The molecule has 1 unspecified atom stereocenters. The Balaban J connectivity index is 1.76. The van der Waals surface area contributed by atoms with E-state index in [1.54, 1.807) is 42.3 Å². The predicted molar refractivity (Wildman–Crippen MR) is 105 cm³/mol. The van der Waals surface area contributed by atoms with Gasteiger partial charge in [0.15, 0.2) is 12.4 Å². The maximum Gasteiger partial charge on any atom is 0.310 e. The van der Waals surface area contributed by atoms with Crippen molar-refractivity contribution >= 4 is 11.6 Å². The van der Waals surface area contributed by atoms with Crippen LogP contribution < -0.4 is 14.8 Å². The van der Waals surface area contributed by atoms with Gasteiger partial charge in [0, 0.05) is 25.5 Å². The van der Waals surface area contributed by atoms with E-state index < -0.39 is 16.9 Å². The quantitative estimate of drug-likeness (QED) is 0.463. The Morgan fingerprint density at radius 3 is 2.59 bits per heavy atom. The van der Waals surface area contributed by atoms with Crippen molar-refractivity contribution in [3.63, 3.8) is 0 Å². The SMILES string of the molecule is COc1ccc(C(NC(=O)COc2ccccc2[N+](=O)[O-])c2nccn2C)cc1. The summed E-state index contributed by atoms with van der Waals surface area (Å²) in [6, 6.07) is 12.6. The zero-order valence-electron chi connectivity index (χ0n) is 15.9. The second kappa shape index (κ2) is 8.87. The number of methoxy groups -OCH3 is 1. The molecule has 0 aliphatic carbocycles. The van der Waals surface area contributed by atoms with E-state index in [9.17, 15) is 14.9 Å². The molecule has 9 heteroatoms. The maximum absolute atomic E-state index is 12.5. The van der Waals surface area contributed by atoms with Crippen LogP contribution in [0.1, 0.15) is 17.4 Å². The average Bonchev–Trinajstić information content (AvgIpc) is 3.16. The topological polar surface area (TPSA) is 109 Å². The van der Waals surface area contributed by atoms with Gasteiger partial charge in [0.2, 0.25) is 0 Å². The normalized spacial score (nSPS) is 11.5. The fourth-order valence-electron chi connectivity index (χ4n) is 2.82. The molecule has 1 aromatic heterocycles. The first-order chi connectivity index (χ1) is 14.0. The third-order valence-corrected chi connectivity index (χ3v) is 4.29. The number of benzene rings is 2. The van der Waals surface area contributed by atoms with E-state index in [0.717, 1.165) is 5.56 Å². The molecule has 0 bridgehead atoms. The van der Waals surface area contributed by atoms with Crippen LogP contribution in [0.3, 0.4) is 0 Å². The number of hydrogen-bond donors (Lipinski definition) is 1. The maximum atomic E-state index is 12.5. The van der Waals surface area contributed by atoms with Gasteiger partial charge in [-0.15, -0.1) is 0 Å². The van der Waals surface area contributed by atoms with E-state index in [1.807, 2.05) is 19.2 Å². The number of amides is 1. The van der Waals surface area contributed by atoms with Crippen LogP contribution in [0.15, 0.2) is 60.9 Å². The summed E-state index contributed by atoms with van der Waals surface area (Å²) in [5, 5.41) is 14.0. The van der Waals surface area contributed by atoms with Crippen LogP contribution in [0.4, 0.5) is 5.69 Å². The van der Waals surface area contributed by atoms with E-state index in [2.05, 4.69) is 10.3 Å². The fourth-order valence-corrected chi connectivity index (χ4v) is 2.82. The van der Waals surface area contributed by atoms with Crippen LogP contribution in [-0.4, -0.2) is 34.1 Å². The Labute approximate surface area is 167 Å². The Morgan fingerprint density at radius 2 is 1.97 bits per heavy atom. The highest BCUT2D eigenvalue weighted by Gasteiger charge is 2.22. The zero-order chi connectivity index (χ0) is 20.8. The molecule has 0 fully saturated rings. The number of aromatic nitrogens is 2. The van der Waals surface area contributed by atoms with Crippen molar-refractivity contribution in [2.24, 2.45) is 7.05 Å². The molecule has 0 radical (unpaired) electrons. The van der Waals surface area contributed by atoms with Crippen molar-refractivity contribution in [1.29, 1.82) is 0 Å². The van der Waals surface area contributed by atoms with Crippen molar-refractivity contribution in [2.75, 3.05) is 13.7 Å². The summed E-state index contributed by atoms with van der Waals surface area (Å²) in [4.78, 5) is 27.4. The lowest BCUT2D eigenvalue weighted by Gasteiger charge is -2.19. The minimum Gasteiger partial charge on any atom is -0.497 e. The standard InChI is InChI=1S/C20H20N4O5/c1-23-12-11-21-20(23)19(14-7-9-15(28-2)10-8-14)22-18(25)13-29-17-6-4-3-5-16(17)24(26)27/h3-12,19H,13H2,1-2H3,(H,22,25). The summed E-state index contributed by atoms with van der Waals surface area (Å²) in [6.45, 7) is -0.373. The van der Waals surface area contributed by atoms with E-state index in [4.69, 9.17) is 9.47 Å². The van der Waals surface area contributed by atoms with Crippen LogP contribution in [0.25, 0.3) is 0 Å².